The number of hydrogen-bond acceptors (Lipinski definition) is 8. The minimum absolute atomic E-state index is 0.0590. The number of fused-ring (bicyclic) bond motifs is 1. The van der Waals surface area contributed by atoms with Crippen LogP contribution in [-0.4, -0.2) is 31.9 Å². The first-order valence-corrected chi connectivity index (χ1v) is 9.52. The Morgan fingerprint density at radius 1 is 1.16 bits per heavy atom. The molecule has 0 atom stereocenters. The van der Waals surface area contributed by atoms with Crippen LogP contribution in [0.15, 0.2) is 33.1 Å². The lowest BCUT2D eigenvalue weighted by Crippen LogP contribution is -2.58. The third kappa shape index (κ3) is 2.36. The van der Waals surface area contributed by atoms with Gasteiger partial charge in [0.25, 0.3) is 15.9 Å². The maximum atomic E-state index is 12.1. The van der Waals surface area contributed by atoms with Crippen LogP contribution in [0.5, 0.6) is 0 Å². The Morgan fingerprint density at radius 2 is 1.88 bits per heavy atom. The summed E-state index contributed by atoms with van der Waals surface area (Å²) < 4.78 is 26.3. The Hall–Kier alpha value is -2.62. The third-order valence-electron chi connectivity index (χ3n) is 4.84. The highest BCUT2D eigenvalue weighted by atomic mass is 32.2. The highest BCUT2D eigenvalue weighted by molar-refractivity contribution is 7.90. The molecule has 10 heteroatoms. The fourth-order valence-electron chi connectivity index (χ4n) is 3.79. The van der Waals surface area contributed by atoms with E-state index in [1.807, 2.05) is 4.72 Å². The van der Waals surface area contributed by atoms with Gasteiger partial charge in [-0.25, -0.2) is 18.1 Å². The molecule has 0 bridgehead atoms. The maximum Gasteiger partial charge on any atom is 0.266 e. The smallest absolute Gasteiger partial charge is 0.266 e. The normalized spacial score (nSPS) is 23.7. The van der Waals surface area contributed by atoms with Crippen LogP contribution >= 0.6 is 0 Å². The van der Waals surface area contributed by atoms with Crippen LogP contribution in [0.3, 0.4) is 0 Å². The summed E-state index contributed by atoms with van der Waals surface area (Å²) in [6.07, 6.45) is 4.50. The molecule has 1 aliphatic carbocycles. The first kappa shape index (κ1) is 15.9. The molecule has 1 aromatic carbocycles. The standard InChI is InChI=1S/C15H18N6O3S/c16-13-18-14(17)21(15(19-13)6-2-1-3-7-15)9-4-5-10-11(8-9)25(23,24)20-12(10)22/h4-5,8H,1-3,6-7H2,(H,20,22)(H4,16,17,18,19). The largest absolute Gasteiger partial charge is 0.369 e. The molecule has 132 valence electrons. The van der Waals surface area contributed by atoms with E-state index in [0.717, 1.165) is 32.1 Å². The van der Waals surface area contributed by atoms with Crippen molar-refractivity contribution in [3.63, 3.8) is 0 Å². The maximum absolute atomic E-state index is 12.1. The molecule has 9 nitrogen and oxygen atoms in total. The molecule has 0 aromatic heterocycles. The number of nitrogens with one attached hydrogen (secondary N) is 1. The summed E-state index contributed by atoms with van der Waals surface area (Å²) in [5.74, 6) is -0.332. The van der Waals surface area contributed by atoms with Gasteiger partial charge in [-0.1, -0.05) is 6.42 Å². The monoisotopic (exact) mass is 362 g/mol. The second-order valence-electron chi connectivity index (χ2n) is 6.43. The average molecular weight is 362 g/mol. The topological polar surface area (TPSA) is 143 Å². The molecule has 25 heavy (non-hydrogen) atoms. The molecule has 0 radical (unpaired) electrons. The Morgan fingerprint density at radius 3 is 2.60 bits per heavy atom. The molecule has 4 rings (SSSR count). The van der Waals surface area contributed by atoms with Crippen molar-refractivity contribution in [1.82, 2.24) is 4.72 Å². The number of sulfonamides is 1. The van der Waals surface area contributed by atoms with Gasteiger partial charge in [-0.2, -0.15) is 4.99 Å². The van der Waals surface area contributed by atoms with Crippen molar-refractivity contribution in [1.29, 1.82) is 0 Å². The fraction of sp³-hybridized carbons (Fsp3) is 0.400. The van der Waals surface area contributed by atoms with Crippen molar-refractivity contribution in [2.45, 2.75) is 42.7 Å². The van der Waals surface area contributed by atoms with E-state index in [2.05, 4.69) is 9.98 Å². The van der Waals surface area contributed by atoms with Crippen LogP contribution in [-0.2, 0) is 10.0 Å². The summed E-state index contributed by atoms with van der Waals surface area (Å²) in [4.78, 5) is 22.1. The van der Waals surface area contributed by atoms with Crippen molar-refractivity contribution in [2.24, 2.45) is 21.5 Å². The molecular weight excluding hydrogens is 344 g/mol. The van der Waals surface area contributed by atoms with Crippen LogP contribution in [0.25, 0.3) is 0 Å². The van der Waals surface area contributed by atoms with Gasteiger partial charge in [-0.05, 0) is 43.9 Å². The molecule has 0 unspecified atom stereocenters. The zero-order valence-corrected chi connectivity index (χ0v) is 14.2. The number of hydrogen-bond donors (Lipinski definition) is 3. The lowest BCUT2D eigenvalue weighted by molar-refractivity contribution is 0.0985. The van der Waals surface area contributed by atoms with Crippen LogP contribution in [0.1, 0.15) is 42.5 Å². The molecule has 2 aliphatic heterocycles. The zero-order chi connectivity index (χ0) is 17.8. The molecule has 0 saturated heterocycles. The number of nitrogens with two attached hydrogens (primary N) is 2. The zero-order valence-electron chi connectivity index (χ0n) is 13.4. The fourth-order valence-corrected chi connectivity index (χ4v) is 4.98. The summed E-state index contributed by atoms with van der Waals surface area (Å²) >= 11 is 0. The number of nitrogens with zero attached hydrogens (tertiary/aromatic N) is 3. The molecule has 2 heterocycles. The van der Waals surface area contributed by atoms with Crippen LogP contribution in [0.4, 0.5) is 5.69 Å². The third-order valence-corrected chi connectivity index (χ3v) is 6.21. The summed E-state index contributed by atoms with van der Waals surface area (Å²) in [7, 11) is -3.85. The summed E-state index contributed by atoms with van der Waals surface area (Å²) in [5, 5.41) is 0. The van der Waals surface area contributed by atoms with Crippen molar-refractivity contribution < 1.29 is 13.2 Å². The predicted molar refractivity (Wildman–Crippen MR) is 92.6 cm³/mol. The predicted octanol–water partition coefficient (Wildman–Crippen LogP) is 0.228. The Kier molecular flexibility index (Phi) is 3.29. The summed E-state index contributed by atoms with van der Waals surface area (Å²) in [5.41, 5.74) is 11.9. The second-order valence-corrected chi connectivity index (χ2v) is 8.08. The van der Waals surface area contributed by atoms with Crippen molar-refractivity contribution >= 4 is 33.5 Å². The molecular formula is C15H18N6O3S. The van der Waals surface area contributed by atoms with Gasteiger partial charge < -0.3 is 11.5 Å². The first-order valence-electron chi connectivity index (χ1n) is 8.03. The van der Waals surface area contributed by atoms with Crippen molar-refractivity contribution in [3.8, 4) is 0 Å². The Bertz CT molecular complexity index is 931. The van der Waals surface area contributed by atoms with E-state index in [9.17, 15) is 13.2 Å². The van der Waals surface area contributed by atoms with Gasteiger partial charge in [0.15, 0.2) is 0 Å². The van der Waals surface area contributed by atoms with E-state index in [4.69, 9.17) is 11.5 Å². The van der Waals surface area contributed by atoms with Crippen molar-refractivity contribution in [2.75, 3.05) is 4.90 Å². The minimum Gasteiger partial charge on any atom is -0.369 e. The molecule has 3 aliphatic rings. The number of carbonyl (C=O) groups excluding carboxylic acids is 1. The van der Waals surface area contributed by atoms with E-state index in [1.54, 1.807) is 11.0 Å². The van der Waals surface area contributed by atoms with Gasteiger partial charge in [0.2, 0.25) is 11.9 Å². The SMILES string of the molecule is NC1=NC2(CCCCC2)N(c2ccc3c(c2)S(=O)(=O)NC3=O)C(N)=N1. The lowest BCUT2D eigenvalue weighted by atomic mass is 9.87. The summed E-state index contributed by atoms with van der Waals surface area (Å²) in [6.45, 7) is 0. The van der Waals surface area contributed by atoms with Gasteiger partial charge >= 0.3 is 0 Å². The number of amides is 1. The van der Waals surface area contributed by atoms with Gasteiger partial charge in [-0.15, -0.1) is 0 Å². The van der Waals surface area contributed by atoms with Gasteiger partial charge in [0, 0.05) is 5.69 Å². The highest BCUT2D eigenvalue weighted by Gasteiger charge is 2.43. The first-order chi connectivity index (χ1) is 11.8. The van der Waals surface area contributed by atoms with E-state index in [-0.39, 0.29) is 22.4 Å². The van der Waals surface area contributed by atoms with Crippen LogP contribution in [0, 0.1) is 0 Å². The average Bonchev–Trinajstić information content (AvgIpc) is 2.76. The van der Waals surface area contributed by atoms with Gasteiger partial charge in [0.05, 0.1) is 5.56 Å². The van der Waals surface area contributed by atoms with E-state index in [1.165, 1.54) is 12.1 Å². The highest BCUT2D eigenvalue weighted by Crippen LogP contribution is 2.40. The van der Waals surface area contributed by atoms with Crippen LogP contribution in [0.2, 0.25) is 0 Å². The number of benzene rings is 1. The van der Waals surface area contributed by atoms with Gasteiger partial charge in [-0.3, -0.25) is 9.69 Å². The number of aliphatic imine (C=N–C) groups is 2. The van der Waals surface area contributed by atoms with E-state index < -0.39 is 21.6 Å². The molecule has 1 amide bonds. The quantitative estimate of drug-likeness (QED) is 0.652. The molecule has 5 N–H and O–H groups in total. The Labute approximate surface area is 144 Å². The molecule has 1 fully saturated rings. The van der Waals surface area contributed by atoms with Crippen LogP contribution < -0.4 is 21.1 Å². The molecule has 1 spiro atoms. The number of anilines is 1. The lowest BCUT2D eigenvalue weighted by Gasteiger charge is -2.45. The molecule has 1 saturated carbocycles. The summed E-state index contributed by atoms with van der Waals surface area (Å²) in [6, 6.07) is 4.59. The van der Waals surface area contributed by atoms with Crippen molar-refractivity contribution in [3.05, 3.63) is 23.8 Å². The number of rotatable bonds is 1. The molecule has 1 aromatic rings. The second kappa shape index (κ2) is 5.19. The minimum atomic E-state index is -3.85. The van der Waals surface area contributed by atoms with E-state index >= 15 is 0 Å². The van der Waals surface area contributed by atoms with Gasteiger partial charge in [0.1, 0.15) is 10.6 Å². The van der Waals surface area contributed by atoms with E-state index in [0.29, 0.717) is 5.69 Å². The number of carbonyl (C=O) groups is 1. The Balaban J connectivity index is 1.86. The number of guanidine groups is 2.